The highest BCUT2D eigenvalue weighted by Gasteiger charge is 2.41. The highest BCUT2D eigenvalue weighted by molar-refractivity contribution is 8.16. The van der Waals surface area contributed by atoms with Gasteiger partial charge in [-0.3, -0.25) is 4.79 Å². The number of halogens is 1. The fourth-order valence-corrected chi connectivity index (χ4v) is 5.17. The van der Waals surface area contributed by atoms with E-state index in [1.807, 2.05) is 66.6 Å². The van der Waals surface area contributed by atoms with Crippen LogP contribution in [0, 0.1) is 0 Å². The molecule has 2 heterocycles. The Bertz CT molecular complexity index is 1180. The van der Waals surface area contributed by atoms with Gasteiger partial charge in [0.1, 0.15) is 0 Å². The van der Waals surface area contributed by atoms with Gasteiger partial charge in [0.05, 0.1) is 36.4 Å². The van der Waals surface area contributed by atoms with Crippen molar-refractivity contribution in [1.29, 1.82) is 0 Å². The van der Waals surface area contributed by atoms with Gasteiger partial charge in [0.15, 0.2) is 5.17 Å². The number of amides is 1. The maximum atomic E-state index is 13.0. The molecule has 0 fully saturated rings. The van der Waals surface area contributed by atoms with Crippen molar-refractivity contribution in [3.05, 3.63) is 93.1 Å². The predicted molar refractivity (Wildman–Crippen MR) is 136 cm³/mol. The van der Waals surface area contributed by atoms with Gasteiger partial charge in [-0.1, -0.05) is 65.8 Å². The van der Waals surface area contributed by atoms with Gasteiger partial charge in [0.2, 0.25) is 5.91 Å². The Hall–Kier alpha value is -3.03. The average Bonchev–Trinajstić information content (AvgIpc) is 3.21. The van der Waals surface area contributed by atoms with Crippen LogP contribution in [0.15, 0.2) is 82.0 Å². The molecule has 34 heavy (non-hydrogen) atoms. The van der Waals surface area contributed by atoms with Crippen LogP contribution in [0.4, 0.5) is 0 Å². The summed E-state index contributed by atoms with van der Waals surface area (Å²) in [5.41, 5.74) is 3.74. The molecule has 6 nitrogen and oxygen atoms in total. The third-order valence-corrected chi connectivity index (χ3v) is 6.84. The molecular weight excluding hydrogens is 470 g/mol. The van der Waals surface area contributed by atoms with Crippen LogP contribution in [0.1, 0.15) is 50.4 Å². The number of esters is 1. The van der Waals surface area contributed by atoms with Crippen molar-refractivity contribution in [2.45, 2.75) is 39.3 Å². The number of thioether (sulfide) groups is 1. The van der Waals surface area contributed by atoms with Crippen LogP contribution in [-0.2, 0) is 14.3 Å². The molecule has 0 bridgehead atoms. The molecule has 4 rings (SSSR count). The number of amidine groups is 1. The predicted octanol–water partition coefficient (Wildman–Crippen LogP) is 5.75. The second-order valence-corrected chi connectivity index (χ2v) is 9.31. The molecule has 0 saturated carbocycles. The lowest BCUT2D eigenvalue weighted by Gasteiger charge is -2.36. The molecule has 1 N–H and O–H groups in total. The Labute approximate surface area is 208 Å². The second kappa shape index (κ2) is 10.5. The van der Waals surface area contributed by atoms with Gasteiger partial charge < -0.3 is 15.0 Å². The number of carbonyl (C=O) groups is 2. The van der Waals surface area contributed by atoms with Crippen LogP contribution in [0.25, 0.3) is 0 Å². The summed E-state index contributed by atoms with van der Waals surface area (Å²) < 4.78 is 5.37. The van der Waals surface area contributed by atoms with Crippen LogP contribution < -0.4 is 5.32 Å². The number of allylic oxidation sites excluding steroid dienone is 1. The average molecular weight is 496 g/mol. The number of rotatable bonds is 7. The molecule has 176 valence electrons. The van der Waals surface area contributed by atoms with Crippen LogP contribution in [0.3, 0.4) is 0 Å². The molecule has 1 amide bonds. The van der Waals surface area contributed by atoms with Gasteiger partial charge in [0.25, 0.3) is 0 Å². The van der Waals surface area contributed by atoms with Crippen LogP contribution in [-0.4, -0.2) is 28.6 Å². The number of ether oxygens (including phenoxy) is 1. The van der Waals surface area contributed by atoms with Crippen molar-refractivity contribution < 1.29 is 14.3 Å². The Morgan fingerprint density at radius 1 is 1.18 bits per heavy atom. The number of hydrogen-bond donors (Lipinski definition) is 1. The number of aliphatic imine (C=N–C) groups is 1. The smallest absolute Gasteiger partial charge is 0.338 e. The summed E-state index contributed by atoms with van der Waals surface area (Å²) in [5.74, 6) is -0.524. The van der Waals surface area contributed by atoms with Gasteiger partial charge in [-0.05, 0) is 49.4 Å². The van der Waals surface area contributed by atoms with Gasteiger partial charge >= 0.3 is 5.97 Å². The first-order valence-corrected chi connectivity index (χ1v) is 12.4. The van der Waals surface area contributed by atoms with Gasteiger partial charge in [-0.2, -0.15) is 0 Å². The summed E-state index contributed by atoms with van der Waals surface area (Å²) in [5, 5.41) is 6.32. The molecule has 2 aromatic rings. The zero-order valence-electron chi connectivity index (χ0n) is 19.2. The molecule has 2 atom stereocenters. The molecular formula is C26H26ClN3O3S. The number of benzene rings is 2. The molecule has 0 saturated heterocycles. The molecule has 2 aromatic carbocycles. The van der Waals surface area contributed by atoms with Crippen molar-refractivity contribution in [2.24, 2.45) is 4.99 Å². The number of nitrogens with one attached hydrogen (secondary N) is 1. The molecule has 0 aliphatic carbocycles. The maximum absolute atomic E-state index is 13.0. The minimum Gasteiger partial charge on any atom is -0.463 e. The van der Waals surface area contributed by atoms with E-state index in [4.69, 9.17) is 16.3 Å². The molecule has 2 aliphatic rings. The minimum atomic E-state index is -0.468. The number of hydrogen-bond acceptors (Lipinski definition) is 6. The van der Waals surface area contributed by atoms with Gasteiger partial charge in [-0.25, -0.2) is 9.79 Å². The Balaban J connectivity index is 1.62. The van der Waals surface area contributed by atoms with Crippen molar-refractivity contribution in [2.75, 3.05) is 6.61 Å². The largest absolute Gasteiger partial charge is 0.463 e. The lowest BCUT2D eigenvalue weighted by molar-refractivity contribution is -0.139. The fourth-order valence-electron chi connectivity index (χ4n) is 4.08. The molecule has 2 aliphatic heterocycles. The van der Waals surface area contributed by atoms with E-state index in [-0.39, 0.29) is 25.0 Å². The Kier molecular flexibility index (Phi) is 7.44. The molecule has 0 radical (unpaired) electrons. The first-order valence-electron chi connectivity index (χ1n) is 11.1. The third-order valence-electron chi connectivity index (χ3n) is 5.70. The molecule has 0 aromatic heterocycles. The van der Waals surface area contributed by atoms with Crippen LogP contribution in [0.5, 0.6) is 0 Å². The number of nitrogens with zero attached hydrogens (tertiary/aromatic N) is 2. The first-order chi connectivity index (χ1) is 16.4. The summed E-state index contributed by atoms with van der Waals surface area (Å²) >= 11 is 7.57. The van der Waals surface area contributed by atoms with E-state index in [0.29, 0.717) is 16.3 Å². The van der Waals surface area contributed by atoms with E-state index in [9.17, 15) is 9.59 Å². The highest BCUT2D eigenvalue weighted by Crippen LogP contribution is 2.45. The Morgan fingerprint density at radius 3 is 2.56 bits per heavy atom. The number of carbonyl (C=O) groups excluding carboxylic acids is 2. The second-order valence-electron chi connectivity index (χ2n) is 8.04. The van der Waals surface area contributed by atoms with Crippen molar-refractivity contribution >= 4 is 40.4 Å². The summed E-state index contributed by atoms with van der Waals surface area (Å²) in [6.45, 7) is 5.81. The monoisotopic (exact) mass is 495 g/mol. The number of fused-ring (bicyclic) bond motifs is 1. The Morgan fingerprint density at radius 2 is 1.88 bits per heavy atom. The highest BCUT2D eigenvalue weighted by atomic mass is 35.5. The first kappa shape index (κ1) is 24.1. The summed E-state index contributed by atoms with van der Waals surface area (Å²) in [6.07, 6.45) is 0.155. The fraction of sp³-hybridized carbons (Fsp3) is 0.269. The van der Waals surface area contributed by atoms with Crippen LogP contribution >= 0.6 is 23.4 Å². The normalized spacial score (nSPS) is 18.1. The quantitative estimate of drug-likeness (QED) is 0.495. The zero-order valence-corrected chi connectivity index (χ0v) is 20.8. The summed E-state index contributed by atoms with van der Waals surface area (Å²) in [6, 6.07) is 16.6. The van der Waals surface area contributed by atoms with Gasteiger partial charge in [0, 0.05) is 10.7 Å². The van der Waals surface area contributed by atoms with E-state index in [1.54, 1.807) is 19.1 Å². The van der Waals surface area contributed by atoms with Gasteiger partial charge in [-0.15, -0.1) is 0 Å². The molecule has 0 unspecified atom stereocenters. The lowest BCUT2D eigenvalue weighted by atomic mass is 9.94. The van der Waals surface area contributed by atoms with E-state index < -0.39 is 12.0 Å². The van der Waals surface area contributed by atoms with E-state index >= 15 is 0 Å². The topological polar surface area (TPSA) is 71.0 Å². The van der Waals surface area contributed by atoms with E-state index in [0.717, 1.165) is 22.0 Å². The van der Waals surface area contributed by atoms with Crippen molar-refractivity contribution in [3.8, 4) is 0 Å². The minimum absolute atomic E-state index is 0.108. The summed E-state index contributed by atoms with van der Waals surface area (Å²) in [4.78, 5) is 32.6. The van der Waals surface area contributed by atoms with E-state index in [2.05, 4.69) is 10.3 Å². The third kappa shape index (κ3) is 5.05. The molecule has 8 heteroatoms. The summed E-state index contributed by atoms with van der Waals surface area (Å²) in [7, 11) is 0. The zero-order chi connectivity index (χ0) is 24.2. The van der Waals surface area contributed by atoms with E-state index in [1.165, 1.54) is 11.8 Å². The van der Waals surface area contributed by atoms with Crippen LogP contribution in [0.2, 0.25) is 5.02 Å². The van der Waals surface area contributed by atoms with Crippen molar-refractivity contribution in [3.63, 3.8) is 0 Å². The maximum Gasteiger partial charge on any atom is 0.338 e. The molecule has 0 spiro atoms. The standard InChI is InChI=1S/C26H26ClN3O3S/c1-4-33-25(32)23-17(3)29-26-30(24(23)19-10-12-20(27)13-11-19)21(15-34-26)14-22(31)28-16(2)18-8-6-5-7-9-18/h5-13,15-16,24H,4,14H2,1-3H3,(H,28,31)/t16-,24-/m0/s1. The lowest BCUT2D eigenvalue weighted by Crippen LogP contribution is -2.38. The SMILES string of the molecule is CCOC(=O)C1=C(C)N=C2SC=C(CC(=O)N[C@@H](C)c3ccccc3)N2[C@H]1c1ccc(Cl)cc1. The van der Waals surface area contributed by atoms with Crippen molar-refractivity contribution in [1.82, 2.24) is 10.2 Å².